The van der Waals surface area contributed by atoms with E-state index < -0.39 is 12.6 Å². The number of amides is 1. The Morgan fingerprint density at radius 3 is 2.58 bits per heavy atom. The molecule has 0 fully saturated rings. The first-order valence-electron chi connectivity index (χ1n) is 7.55. The molecule has 0 aliphatic rings. The molecule has 1 amide bonds. The fourth-order valence-corrected chi connectivity index (χ4v) is 3.44. The van der Waals surface area contributed by atoms with Gasteiger partial charge in [-0.3, -0.25) is 9.48 Å². The van der Waals surface area contributed by atoms with Gasteiger partial charge in [-0.2, -0.15) is 5.10 Å². The van der Waals surface area contributed by atoms with Crippen molar-refractivity contribution in [3.05, 3.63) is 68.9 Å². The third kappa shape index (κ3) is 3.56. The lowest BCUT2D eigenvalue weighted by Gasteiger charge is -2.13. The van der Waals surface area contributed by atoms with Crippen LogP contribution in [0.5, 0.6) is 0 Å². The average molecular weight is 413 g/mol. The standard InChI is InChI=1S/C18H13Cl3FN3O/c1-25-15(9-22)16(17(21)24-25)18(26)23-14-5-3-2-4-12(14)11-7-6-10(19)8-13(11)20/h2-8H,9H2,1H3,(H,23,26). The van der Waals surface area contributed by atoms with Gasteiger partial charge in [0.2, 0.25) is 0 Å². The van der Waals surface area contributed by atoms with Gasteiger partial charge in [0.05, 0.1) is 5.69 Å². The maximum Gasteiger partial charge on any atom is 0.260 e. The quantitative estimate of drug-likeness (QED) is 0.591. The van der Waals surface area contributed by atoms with Crippen LogP contribution in [0.4, 0.5) is 10.1 Å². The second-order valence-corrected chi connectivity index (χ2v) is 6.70. The van der Waals surface area contributed by atoms with E-state index in [1.54, 1.807) is 30.3 Å². The van der Waals surface area contributed by atoms with Crippen molar-refractivity contribution in [2.24, 2.45) is 7.05 Å². The second kappa shape index (κ2) is 7.66. The van der Waals surface area contributed by atoms with E-state index in [1.807, 2.05) is 12.1 Å². The maximum atomic E-state index is 13.3. The molecule has 0 saturated carbocycles. The number of para-hydroxylation sites is 1. The molecule has 4 nitrogen and oxygen atoms in total. The number of alkyl halides is 1. The van der Waals surface area contributed by atoms with E-state index in [9.17, 15) is 9.18 Å². The summed E-state index contributed by atoms with van der Waals surface area (Å²) in [6.07, 6.45) is 0. The average Bonchev–Trinajstić information content (AvgIpc) is 2.89. The van der Waals surface area contributed by atoms with Crippen LogP contribution in [-0.4, -0.2) is 15.7 Å². The van der Waals surface area contributed by atoms with Crippen LogP contribution in [0.25, 0.3) is 11.1 Å². The molecule has 134 valence electrons. The van der Waals surface area contributed by atoms with Gasteiger partial charge in [0, 0.05) is 33.9 Å². The van der Waals surface area contributed by atoms with Crippen molar-refractivity contribution in [3.63, 3.8) is 0 Å². The zero-order chi connectivity index (χ0) is 18.8. The summed E-state index contributed by atoms with van der Waals surface area (Å²) in [4.78, 5) is 12.7. The molecule has 0 radical (unpaired) electrons. The first kappa shape index (κ1) is 18.7. The Morgan fingerprint density at radius 2 is 1.88 bits per heavy atom. The molecule has 1 heterocycles. The molecule has 0 aliphatic heterocycles. The summed E-state index contributed by atoms with van der Waals surface area (Å²) in [7, 11) is 1.53. The van der Waals surface area contributed by atoms with Crippen molar-refractivity contribution < 1.29 is 9.18 Å². The predicted molar refractivity (Wildman–Crippen MR) is 103 cm³/mol. The molecular formula is C18H13Cl3FN3O. The first-order chi connectivity index (χ1) is 12.4. The lowest BCUT2D eigenvalue weighted by molar-refractivity contribution is 0.102. The summed E-state index contributed by atoms with van der Waals surface area (Å²) in [5, 5.41) is 7.56. The highest BCUT2D eigenvalue weighted by Gasteiger charge is 2.22. The second-order valence-electron chi connectivity index (χ2n) is 5.49. The molecule has 8 heteroatoms. The number of nitrogens with zero attached hydrogens (tertiary/aromatic N) is 2. The number of hydrogen-bond acceptors (Lipinski definition) is 2. The smallest absolute Gasteiger partial charge is 0.260 e. The van der Waals surface area contributed by atoms with Gasteiger partial charge in [-0.05, 0) is 18.2 Å². The summed E-state index contributed by atoms with van der Waals surface area (Å²) in [6, 6.07) is 12.2. The monoisotopic (exact) mass is 411 g/mol. The van der Waals surface area contributed by atoms with Crippen LogP contribution < -0.4 is 5.32 Å². The van der Waals surface area contributed by atoms with Crippen LogP contribution in [0.3, 0.4) is 0 Å². The van der Waals surface area contributed by atoms with Gasteiger partial charge in [0.25, 0.3) is 5.91 Å². The van der Waals surface area contributed by atoms with Crippen LogP contribution >= 0.6 is 34.8 Å². The Hall–Kier alpha value is -2.08. The number of halogens is 4. The van der Waals surface area contributed by atoms with Crippen molar-refractivity contribution in [2.45, 2.75) is 6.67 Å². The zero-order valence-corrected chi connectivity index (χ0v) is 15.8. The highest BCUT2D eigenvalue weighted by molar-refractivity contribution is 6.36. The molecule has 0 aliphatic carbocycles. The van der Waals surface area contributed by atoms with Gasteiger partial charge >= 0.3 is 0 Å². The van der Waals surface area contributed by atoms with E-state index in [4.69, 9.17) is 34.8 Å². The van der Waals surface area contributed by atoms with Crippen molar-refractivity contribution >= 4 is 46.4 Å². The summed E-state index contributed by atoms with van der Waals surface area (Å²) in [5.41, 5.74) is 2.02. The topological polar surface area (TPSA) is 46.9 Å². The van der Waals surface area contributed by atoms with Gasteiger partial charge in [-0.15, -0.1) is 0 Å². The van der Waals surface area contributed by atoms with Crippen molar-refractivity contribution in [3.8, 4) is 11.1 Å². The number of aromatic nitrogens is 2. The molecular weight excluding hydrogens is 400 g/mol. The number of carbonyl (C=O) groups is 1. The van der Waals surface area contributed by atoms with E-state index >= 15 is 0 Å². The minimum absolute atomic E-state index is 0.00803. The summed E-state index contributed by atoms with van der Waals surface area (Å²) in [5.74, 6) is -0.548. The molecule has 0 spiro atoms. The highest BCUT2D eigenvalue weighted by atomic mass is 35.5. The van der Waals surface area contributed by atoms with Gasteiger partial charge in [-0.1, -0.05) is 59.1 Å². The van der Waals surface area contributed by atoms with Crippen LogP contribution in [0, 0.1) is 0 Å². The van der Waals surface area contributed by atoms with Gasteiger partial charge < -0.3 is 5.32 Å². The summed E-state index contributed by atoms with van der Waals surface area (Å²) < 4.78 is 14.5. The zero-order valence-electron chi connectivity index (χ0n) is 13.6. The van der Waals surface area contributed by atoms with Crippen LogP contribution in [0.15, 0.2) is 42.5 Å². The van der Waals surface area contributed by atoms with Crippen LogP contribution in [-0.2, 0) is 13.7 Å². The minimum atomic E-state index is -0.858. The number of benzene rings is 2. The third-order valence-corrected chi connectivity index (χ3v) is 4.69. The van der Waals surface area contributed by atoms with Crippen LogP contribution in [0.1, 0.15) is 16.1 Å². The molecule has 0 unspecified atom stereocenters. The van der Waals surface area contributed by atoms with E-state index in [0.29, 0.717) is 26.9 Å². The molecule has 2 aromatic carbocycles. The number of rotatable bonds is 4. The molecule has 0 atom stereocenters. The largest absolute Gasteiger partial charge is 0.321 e. The fraction of sp³-hybridized carbons (Fsp3) is 0.111. The third-order valence-electron chi connectivity index (χ3n) is 3.87. The van der Waals surface area contributed by atoms with Crippen molar-refractivity contribution in [1.82, 2.24) is 9.78 Å². The lowest BCUT2D eigenvalue weighted by atomic mass is 10.0. The predicted octanol–water partition coefficient (Wildman–Crippen LogP) is 5.77. The number of anilines is 1. The Bertz CT molecular complexity index is 988. The molecule has 0 bridgehead atoms. The fourth-order valence-electron chi connectivity index (χ4n) is 2.62. The normalized spacial score (nSPS) is 10.8. The number of aryl methyl sites for hydroxylation is 1. The molecule has 1 N–H and O–H groups in total. The van der Waals surface area contributed by atoms with Gasteiger partial charge in [0.1, 0.15) is 12.2 Å². The Morgan fingerprint density at radius 1 is 1.15 bits per heavy atom. The molecule has 1 aromatic heterocycles. The highest BCUT2D eigenvalue weighted by Crippen LogP contribution is 2.35. The van der Waals surface area contributed by atoms with E-state index in [-0.39, 0.29) is 16.4 Å². The Balaban J connectivity index is 2.01. The summed E-state index contributed by atoms with van der Waals surface area (Å²) >= 11 is 18.2. The van der Waals surface area contributed by atoms with Gasteiger partial charge in [0.15, 0.2) is 5.15 Å². The van der Waals surface area contributed by atoms with E-state index in [0.717, 1.165) is 0 Å². The SMILES string of the molecule is Cn1nc(Cl)c(C(=O)Nc2ccccc2-c2ccc(Cl)cc2Cl)c1CF. The van der Waals surface area contributed by atoms with Gasteiger partial charge in [-0.25, -0.2) is 4.39 Å². The molecule has 26 heavy (non-hydrogen) atoms. The van der Waals surface area contributed by atoms with Crippen molar-refractivity contribution in [1.29, 1.82) is 0 Å². The lowest BCUT2D eigenvalue weighted by Crippen LogP contribution is -2.15. The number of nitrogens with one attached hydrogen (secondary N) is 1. The van der Waals surface area contributed by atoms with E-state index in [2.05, 4.69) is 10.4 Å². The maximum absolute atomic E-state index is 13.3. The van der Waals surface area contributed by atoms with E-state index in [1.165, 1.54) is 11.7 Å². The minimum Gasteiger partial charge on any atom is -0.321 e. The Labute approximate surface area is 164 Å². The van der Waals surface area contributed by atoms with Crippen molar-refractivity contribution in [2.75, 3.05) is 5.32 Å². The van der Waals surface area contributed by atoms with Crippen LogP contribution in [0.2, 0.25) is 15.2 Å². The first-order valence-corrected chi connectivity index (χ1v) is 8.69. The summed E-state index contributed by atoms with van der Waals surface area (Å²) in [6.45, 7) is -0.858. The molecule has 3 aromatic rings. The molecule has 3 rings (SSSR count). The number of hydrogen-bond donors (Lipinski definition) is 1. The Kier molecular flexibility index (Phi) is 5.51. The number of carbonyl (C=O) groups excluding carboxylic acids is 1. The molecule has 0 saturated heterocycles.